The van der Waals surface area contributed by atoms with Crippen molar-refractivity contribution in [2.75, 3.05) is 18.4 Å². The van der Waals surface area contributed by atoms with Crippen molar-refractivity contribution >= 4 is 16.0 Å². The lowest BCUT2D eigenvalue weighted by atomic mass is 10.0. The molecule has 0 atom stereocenters. The Balaban J connectivity index is 1.69. The number of ether oxygens (including phenoxy) is 1. The molecule has 1 aromatic carbocycles. The third kappa shape index (κ3) is 5.32. The van der Waals surface area contributed by atoms with Gasteiger partial charge in [0.05, 0.1) is 12.8 Å². The number of rotatable bonds is 7. The van der Waals surface area contributed by atoms with E-state index in [-0.39, 0.29) is 42.3 Å². The van der Waals surface area contributed by atoms with Crippen LogP contribution < -0.4 is 15.0 Å². The van der Waals surface area contributed by atoms with Crippen molar-refractivity contribution < 1.29 is 35.2 Å². The van der Waals surface area contributed by atoms with E-state index in [4.69, 9.17) is 4.74 Å². The summed E-state index contributed by atoms with van der Waals surface area (Å²) in [5.41, 5.74) is 0.217. The summed E-state index contributed by atoms with van der Waals surface area (Å²) < 4.78 is 92.5. The Morgan fingerprint density at radius 2 is 2.00 bits per heavy atom. The quantitative estimate of drug-likeness (QED) is 0.484. The molecule has 0 amide bonds. The van der Waals surface area contributed by atoms with E-state index >= 15 is 0 Å². The minimum Gasteiger partial charge on any atom is -0.495 e. The Bertz CT molecular complexity index is 1390. The summed E-state index contributed by atoms with van der Waals surface area (Å²) in [6.45, 7) is -0.0879. The zero-order valence-electron chi connectivity index (χ0n) is 18.3. The van der Waals surface area contributed by atoms with E-state index in [9.17, 15) is 30.8 Å². The SMILES string of the molecule is COc1cc(CCC(F)(F)F)c(F)cc1-n1c2c(ccc1=O)CN(S(=O)(=O)Nc1ccon1)CC2. The molecule has 1 aliphatic heterocycles. The lowest BCUT2D eigenvalue weighted by molar-refractivity contribution is -0.134. The van der Waals surface area contributed by atoms with Crippen molar-refractivity contribution in [1.29, 1.82) is 0 Å². The number of halogens is 4. The fourth-order valence-electron chi connectivity index (χ4n) is 3.86. The van der Waals surface area contributed by atoms with E-state index in [0.29, 0.717) is 11.3 Å². The van der Waals surface area contributed by atoms with Gasteiger partial charge in [-0.05, 0) is 23.6 Å². The van der Waals surface area contributed by atoms with Crippen LogP contribution in [0.25, 0.3) is 5.69 Å². The van der Waals surface area contributed by atoms with Gasteiger partial charge in [-0.1, -0.05) is 11.2 Å². The monoisotopic (exact) mass is 516 g/mol. The fraction of sp³-hybridized carbons (Fsp3) is 0.333. The normalized spacial score (nSPS) is 14.5. The Kier molecular flexibility index (Phi) is 6.60. The van der Waals surface area contributed by atoms with Crippen LogP contribution in [-0.2, 0) is 29.6 Å². The minimum absolute atomic E-state index is 0.00188. The van der Waals surface area contributed by atoms with Crippen LogP contribution in [0.3, 0.4) is 0 Å². The molecule has 0 radical (unpaired) electrons. The van der Waals surface area contributed by atoms with Gasteiger partial charge in [-0.15, -0.1) is 0 Å². The molecule has 0 fully saturated rings. The van der Waals surface area contributed by atoms with Gasteiger partial charge in [-0.2, -0.15) is 25.9 Å². The average molecular weight is 516 g/mol. The first-order valence-corrected chi connectivity index (χ1v) is 11.8. The van der Waals surface area contributed by atoms with Gasteiger partial charge in [0.1, 0.15) is 17.8 Å². The van der Waals surface area contributed by atoms with E-state index < -0.39 is 40.6 Å². The van der Waals surface area contributed by atoms with Crippen molar-refractivity contribution in [3.8, 4) is 11.4 Å². The molecule has 188 valence electrons. The summed E-state index contributed by atoms with van der Waals surface area (Å²) in [6, 6.07) is 6.12. The molecular formula is C21H20F4N4O5S. The lowest BCUT2D eigenvalue weighted by Crippen LogP contribution is -2.41. The number of hydrogen-bond acceptors (Lipinski definition) is 6. The number of anilines is 1. The zero-order chi connectivity index (χ0) is 25.4. The van der Waals surface area contributed by atoms with Gasteiger partial charge in [0.25, 0.3) is 5.56 Å². The first kappa shape index (κ1) is 24.7. The molecule has 2 aromatic heterocycles. The molecular weight excluding hydrogens is 496 g/mol. The summed E-state index contributed by atoms with van der Waals surface area (Å²) in [5, 5.41) is 3.52. The first-order valence-electron chi connectivity index (χ1n) is 10.3. The van der Waals surface area contributed by atoms with Crippen molar-refractivity contribution in [2.24, 2.45) is 0 Å². The molecule has 9 nitrogen and oxygen atoms in total. The van der Waals surface area contributed by atoms with Crippen molar-refractivity contribution in [1.82, 2.24) is 14.0 Å². The number of nitrogens with one attached hydrogen (secondary N) is 1. The van der Waals surface area contributed by atoms with E-state index in [0.717, 1.165) is 16.4 Å². The van der Waals surface area contributed by atoms with E-state index in [1.807, 2.05) is 0 Å². The first-order chi connectivity index (χ1) is 16.5. The van der Waals surface area contributed by atoms with E-state index in [2.05, 4.69) is 14.4 Å². The number of benzene rings is 1. The smallest absolute Gasteiger partial charge is 0.389 e. The number of pyridine rings is 1. The third-order valence-corrected chi connectivity index (χ3v) is 6.97. The van der Waals surface area contributed by atoms with Crippen LogP contribution in [0.15, 0.2) is 45.9 Å². The van der Waals surface area contributed by atoms with Crippen molar-refractivity contribution in [2.45, 2.75) is 32.0 Å². The second-order valence-corrected chi connectivity index (χ2v) is 9.46. The molecule has 0 spiro atoms. The zero-order valence-corrected chi connectivity index (χ0v) is 19.1. The largest absolute Gasteiger partial charge is 0.495 e. The van der Waals surface area contributed by atoms with Crippen LogP contribution in [0.4, 0.5) is 23.4 Å². The van der Waals surface area contributed by atoms with Gasteiger partial charge in [0.2, 0.25) is 0 Å². The molecule has 3 aromatic rings. The predicted molar refractivity (Wildman–Crippen MR) is 116 cm³/mol. The third-order valence-electron chi connectivity index (χ3n) is 5.51. The molecule has 0 bridgehead atoms. The Hall–Kier alpha value is -3.39. The van der Waals surface area contributed by atoms with Crippen LogP contribution in [0.1, 0.15) is 23.2 Å². The van der Waals surface area contributed by atoms with Gasteiger partial charge in [-0.25, -0.2) is 4.39 Å². The van der Waals surface area contributed by atoms with Crippen LogP contribution in [-0.4, -0.2) is 42.3 Å². The van der Waals surface area contributed by atoms with Crippen molar-refractivity contribution in [3.05, 3.63) is 69.6 Å². The standard InChI is InChI=1S/C21H20F4N4O5S/c1-33-18-10-13(4-7-21(23,24)25)15(22)11-17(18)29-16-5-8-28(12-14(16)2-3-20(29)30)35(31,32)27-19-6-9-34-26-19/h2-3,6,9-11H,4-5,7-8,12H2,1H3,(H,26,27). The molecule has 4 rings (SSSR count). The van der Waals surface area contributed by atoms with Gasteiger partial charge in [0.15, 0.2) is 5.82 Å². The predicted octanol–water partition coefficient (Wildman–Crippen LogP) is 3.18. The fourth-order valence-corrected chi connectivity index (χ4v) is 5.00. The number of alkyl halides is 3. The summed E-state index contributed by atoms with van der Waals surface area (Å²) in [6.07, 6.45) is -4.93. The number of aromatic nitrogens is 2. The van der Waals surface area contributed by atoms with Gasteiger partial charge in [0, 0.05) is 49.8 Å². The molecule has 0 aliphatic carbocycles. The molecule has 0 unspecified atom stereocenters. The summed E-state index contributed by atoms with van der Waals surface area (Å²) in [7, 11) is -2.72. The molecule has 14 heteroatoms. The Labute approximate surface area is 197 Å². The average Bonchev–Trinajstić information content (AvgIpc) is 3.29. The molecule has 0 saturated carbocycles. The molecule has 3 heterocycles. The van der Waals surface area contributed by atoms with Gasteiger partial charge >= 0.3 is 16.4 Å². The van der Waals surface area contributed by atoms with Crippen LogP contribution in [0.5, 0.6) is 5.75 Å². The minimum atomic E-state index is -4.46. The Morgan fingerprint density at radius 1 is 1.23 bits per heavy atom. The topological polar surface area (TPSA) is 107 Å². The number of methoxy groups -OCH3 is 1. The highest BCUT2D eigenvalue weighted by atomic mass is 32.2. The van der Waals surface area contributed by atoms with E-state index in [1.165, 1.54) is 36.1 Å². The highest BCUT2D eigenvalue weighted by molar-refractivity contribution is 7.90. The number of fused-ring (bicyclic) bond motifs is 1. The maximum atomic E-state index is 14.7. The number of aryl methyl sites for hydroxylation is 1. The van der Waals surface area contributed by atoms with Gasteiger partial charge in [-0.3, -0.25) is 14.1 Å². The molecule has 35 heavy (non-hydrogen) atoms. The highest BCUT2D eigenvalue weighted by Gasteiger charge is 2.31. The molecule has 1 N–H and O–H groups in total. The Morgan fingerprint density at radius 3 is 2.66 bits per heavy atom. The maximum absolute atomic E-state index is 14.7. The van der Waals surface area contributed by atoms with Crippen LogP contribution >= 0.6 is 0 Å². The summed E-state index contributed by atoms with van der Waals surface area (Å²) in [5.74, 6) is -0.889. The lowest BCUT2D eigenvalue weighted by Gasteiger charge is -2.30. The highest BCUT2D eigenvalue weighted by Crippen LogP contribution is 2.31. The van der Waals surface area contributed by atoms with Gasteiger partial charge < -0.3 is 9.26 Å². The molecule has 0 saturated heterocycles. The summed E-state index contributed by atoms with van der Waals surface area (Å²) in [4.78, 5) is 12.8. The van der Waals surface area contributed by atoms with Crippen molar-refractivity contribution in [3.63, 3.8) is 0 Å². The van der Waals surface area contributed by atoms with E-state index in [1.54, 1.807) is 0 Å². The second-order valence-electron chi connectivity index (χ2n) is 7.78. The maximum Gasteiger partial charge on any atom is 0.389 e. The molecule has 1 aliphatic rings. The van der Waals surface area contributed by atoms with Crippen LogP contribution in [0, 0.1) is 5.82 Å². The number of hydrogen-bond donors (Lipinski definition) is 1. The second kappa shape index (κ2) is 9.34. The van der Waals surface area contributed by atoms with Crippen LogP contribution in [0.2, 0.25) is 0 Å². The number of nitrogens with zero attached hydrogens (tertiary/aromatic N) is 3. The summed E-state index contributed by atoms with van der Waals surface area (Å²) >= 11 is 0.